The van der Waals surface area contributed by atoms with Gasteiger partial charge in [0.1, 0.15) is 12.7 Å². The number of alkyl halides is 6. The Kier molecular flexibility index (Phi) is 7.85. The van der Waals surface area contributed by atoms with Crippen molar-refractivity contribution in [3.8, 4) is 22.5 Å². The molecule has 2 aromatic heterocycles. The molecule has 0 saturated carbocycles. The normalized spacial score (nSPS) is 13.2. The average Bonchev–Trinajstić information content (AvgIpc) is 3.23. The van der Waals surface area contributed by atoms with Crippen LogP contribution in [0.1, 0.15) is 18.0 Å². The molecule has 0 saturated heterocycles. The van der Waals surface area contributed by atoms with Gasteiger partial charge in [-0.3, -0.25) is 9.97 Å². The molecule has 0 radical (unpaired) electrons. The van der Waals surface area contributed by atoms with Crippen LogP contribution < -0.4 is 4.90 Å². The molecule has 9 aromatic rings. The fraction of sp³-hybridized carbons (Fsp3) is 0.0455. The zero-order valence-electron chi connectivity index (χ0n) is 33.2. The Morgan fingerprint density at radius 3 is 1.41 bits per heavy atom. The van der Waals surface area contributed by atoms with Gasteiger partial charge >= 0.3 is 33.4 Å². The summed E-state index contributed by atoms with van der Waals surface area (Å²) in [7, 11) is 0. The Hall–Kier alpha value is -6.19. The second kappa shape index (κ2) is 14.1. The van der Waals surface area contributed by atoms with Gasteiger partial charge in [0.05, 0.1) is 29.0 Å². The van der Waals surface area contributed by atoms with E-state index in [1.54, 1.807) is 36.4 Å². The molecule has 0 unspecified atom stereocenters. The van der Waals surface area contributed by atoms with E-state index in [1.807, 2.05) is 0 Å². The van der Waals surface area contributed by atoms with Crippen LogP contribution in [0.2, 0.25) is 0 Å². The molecule has 0 amide bonds. The zero-order chi connectivity index (χ0) is 42.2. The van der Waals surface area contributed by atoms with Crippen molar-refractivity contribution >= 4 is 60.4 Å². The summed E-state index contributed by atoms with van der Waals surface area (Å²) >= 11 is 0. The summed E-state index contributed by atoms with van der Waals surface area (Å²) in [6, 6.07) is 27.3. The van der Waals surface area contributed by atoms with E-state index in [1.165, 1.54) is 65.6 Å². The first-order valence-corrected chi connectivity index (χ1v) is 16.5. The number of aromatic nitrogens is 4. The molecule has 9 rings (SSSR count). The first-order chi connectivity index (χ1) is 28.6. The number of para-hydroxylation sites is 1. The van der Waals surface area contributed by atoms with Crippen molar-refractivity contribution in [2.24, 2.45) is 0 Å². The Balaban J connectivity index is 0.00000514. The van der Waals surface area contributed by atoms with Gasteiger partial charge in [-0.25, -0.2) is 9.97 Å². The fourth-order valence-electron chi connectivity index (χ4n) is 6.91. The van der Waals surface area contributed by atoms with E-state index in [2.05, 4.69) is 32.1 Å². The Labute approximate surface area is 336 Å². The van der Waals surface area contributed by atoms with E-state index in [4.69, 9.17) is 6.85 Å². The molecule has 0 fully saturated rings. The summed E-state index contributed by atoms with van der Waals surface area (Å²) in [5, 5.41) is 0.569. The van der Waals surface area contributed by atoms with Crippen LogP contribution >= 0.6 is 0 Å². The van der Waals surface area contributed by atoms with Crippen LogP contribution in [0, 0.1) is 12.1 Å². The SMILES string of the molecule is [2H]c1c([2H])c([2H])c(N(c2[c-]c(-c3ncnc4c(C(F)(F)F)c5ccccc5cc34)ccc2)c2[c-]c(-c3ncnc4c(C(F)(F)F)c5ccccc5cc34)ccc2)c([2H])c1[2H].[Pt+2]. The average molecular weight is 936 g/mol. The topological polar surface area (TPSA) is 54.8 Å². The first-order valence-electron chi connectivity index (χ1n) is 19.0. The van der Waals surface area contributed by atoms with Crippen LogP contribution in [-0.2, 0) is 33.4 Å². The Bertz CT molecular complexity index is 3030. The summed E-state index contributed by atoms with van der Waals surface area (Å²) in [4.78, 5) is 18.1. The van der Waals surface area contributed by atoms with Crippen molar-refractivity contribution in [3.05, 3.63) is 163 Å². The van der Waals surface area contributed by atoms with Gasteiger partial charge < -0.3 is 4.90 Å². The maximum atomic E-state index is 14.7. The molecule has 0 spiro atoms. The molecule has 12 heteroatoms. The van der Waals surface area contributed by atoms with Crippen molar-refractivity contribution < 1.29 is 54.3 Å². The van der Waals surface area contributed by atoms with Crippen molar-refractivity contribution in [1.82, 2.24) is 19.9 Å². The Morgan fingerprint density at radius 1 is 0.518 bits per heavy atom. The van der Waals surface area contributed by atoms with Crippen LogP contribution in [0.5, 0.6) is 0 Å². The van der Waals surface area contributed by atoms with Gasteiger partial charge in [-0.2, -0.15) is 26.3 Å². The smallest absolute Gasteiger partial charge is 0.346 e. The van der Waals surface area contributed by atoms with E-state index < -0.39 is 53.7 Å². The fourth-order valence-corrected chi connectivity index (χ4v) is 6.91. The van der Waals surface area contributed by atoms with Crippen LogP contribution in [0.25, 0.3) is 65.9 Å². The molecular weight excluding hydrogens is 908 g/mol. The minimum Gasteiger partial charge on any atom is -0.346 e. The van der Waals surface area contributed by atoms with Gasteiger partial charge in [0.25, 0.3) is 0 Å². The molecule has 5 nitrogen and oxygen atoms in total. The quantitative estimate of drug-likeness (QED) is 0.0978. The molecule has 2 heterocycles. The first kappa shape index (κ1) is 31.1. The van der Waals surface area contributed by atoms with Gasteiger partial charge in [0.15, 0.2) is 0 Å². The number of rotatable bonds is 5. The second-order valence-corrected chi connectivity index (χ2v) is 12.4. The predicted molar refractivity (Wildman–Crippen MR) is 201 cm³/mol. The van der Waals surface area contributed by atoms with Crippen molar-refractivity contribution in [3.63, 3.8) is 0 Å². The van der Waals surface area contributed by atoms with Crippen LogP contribution in [0.3, 0.4) is 0 Å². The molecule has 0 bridgehead atoms. The summed E-state index contributed by atoms with van der Waals surface area (Å²) in [6.45, 7) is 0. The molecule has 56 heavy (non-hydrogen) atoms. The van der Waals surface area contributed by atoms with E-state index in [0.29, 0.717) is 0 Å². The third-order valence-electron chi connectivity index (χ3n) is 9.13. The molecule has 0 aliphatic rings. The number of hydrogen-bond acceptors (Lipinski definition) is 5. The van der Waals surface area contributed by atoms with Crippen LogP contribution in [-0.4, -0.2) is 19.9 Å². The molecule has 276 valence electrons. The third kappa shape index (κ3) is 6.41. The third-order valence-corrected chi connectivity index (χ3v) is 9.13. The minimum atomic E-state index is -4.79. The number of anilines is 3. The molecule has 0 N–H and O–H groups in total. The van der Waals surface area contributed by atoms with Crippen LogP contribution in [0.15, 0.2) is 140 Å². The maximum absolute atomic E-state index is 14.7. The number of benzene rings is 7. The van der Waals surface area contributed by atoms with Gasteiger partial charge in [-0.1, -0.05) is 78.8 Å². The summed E-state index contributed by atoms with van der Waals surface area (Å²) in [5.74, 6) is 0. The van der Waals surface area contributed by atoms with E-state index in [0.717, 1.165) is 12.7 Å². The predicted octanol–water partition coefficient (Wildman–Crippen LogP) is 12.3. The Morgan fingerprint density at radius 2 is 0.964 bits per heavy atom. The number of hydrogen-bond donors (Lipinski definition) is 0. The number of fused-ring (bicyclic) bond motifs is 4. The second-order valence-electron chi connectivity index (χ2n) is 12.4. The monoisotopic (exact) mass is 935 g/mol. The van der Waals surface area contributed by atoms with Gasteiger partial charge in [-0.05, 0) is 67.2 Å². The van der Waals surface area contributed by atoms with Gasteiger partial charge in [0.2, 0.25) is 0 Å². The van der Waals surface area contributed by atoms with Crippen molar-refractivity contribution in [1.29, 1.82) is 0 Å². The maximum Gasteiger partial charge on any atom is 2.00 e. The van der Waals surface area contributed by atoms with Crippen molar-refractivity contribution in [2.45, 2.75) is 12.4 Å². The van der Waals surface area contributed by atoms with Gasteiger partial charge in [-0.15, -0.1) is 59.7 Å². The number of nitrogens with zero attached hydrogens (tertiary/aromatic N) is 5. The molecular formula is C44H23F6N5Pt. The summed E-state index contributed by atoms with van der Waals surface area (Å²) in [6.07, 6.45) is -7.56. The standard InChI is InChI=1S/C44H23F6N5.Pt/c45-43(46,47)37-33-18-6-4-10-26(33)22-35-39(51-24-53-41(35)37)28-12-8-16-31(20-28)55(30-14-2-1-3-15-30)32-17-9-13-29(21-32)40-36-23-27-11-5-7-19-34(27)38(44(48,49)50)42(36)54-25-52-40;/h1-19,22-25H;/q-2;+2/i1D,2D,3D,14D,15D;. The number of halogens is 6. The molecule has 0 aliphatic heterocycles. The molecule has 7 aromatic carbocycles. The zero-order valence-corrected chi connectivity index (χ0v) is 30.5. The van der Waals surface area contributed by atoms with Crippen molar-refractivity contribution in [2.75, 3.05) is 4.90 Å². The van der Waals surface area contributed by atoms with Crippen LogP contribution in [0.4, 0.5) is 43.4 Å². The summed E-state index contributed by atoms with van der Waals surface area (Å²) < 4.78 is 131. The van der Waals surface area contributed by atoms with Gasteiger partial charge in [0, 0.05) is 5.69 Å². The largest absolute Gasteiger partial charge is 2.00 e. The minimum absolute atomic E-state index is 0. The van der Waals surface area contributed by atoms with E-state index in [9.17, 15) is 26.3 Å². The summed E-state index contributed by atoms with van der Waals surface area (Å²) in [5.41, 5.74) is -2.35. The molecule has 0 atom stereocenters. The van der Waals surface area contributed by atoms with E-state index >= 15 is 0 Å². The molecule has 0 aliphatic carbocycles. The van der Waals surface area contributed by atoms with E-state index in [-0.39, 0.29) is 104 Å².